The maximum atomic E-state index is 11.1. The summed E-state index contributed by atoms with van der Waals surface area (Å²) < 4.78 is 5.05. The normalized spacial score (nSPS) is 32.6. The molecule has 1 aliphatic heterocycles. The smallest absolute Gasteiger partial charge is 0.330 e. The molecule has 43 heavy (non-hydrogen) atoms. The molecular formula is C39H60O2S2. The Balaban J connectivity index is 1.03. The van der Waals surface area contributed by atoms with Crippen molar-refractivity contribution in [1.82, 2.24) is 0 Å². The first-order valence-electron chi connectivity index (χ1n) is 18.2. The van der Waals surface area contributed by atoms with Gasteiger partial charge < -0.3 is 4.74 Å². The number of unbranched alkanes of at least 4 members (excludes halogenated alkanes) is 4. The van der Waals surface area contributed by atoms with Crippen LogP contribution in [-0.2, 0) is 9.53 Å². The molecule has 0 bridgehead atoms. The number of esters is 1. The van der Waals surface area contributed by atoms with Crippen molar-refractivity contribution in [3.8, 4) is 23.7 Å². The largest absolute Gasteiger partial charge is 0.463 e. The highest BCUT2D eigenvalue weighted by Gasteiger charge is 2.31. The molecule has 3 saturated carbocycles. The summed E-state index contributed by atoms with van der Waals surface area (Å²) in [5.74, 6) is 20.0. The topological polar surface area (TPSA) is 26.3 Å². The van der Waals surface area contributed by atoms with Crippen LogP contribution < -0.4 is 0 Å². The van der Waals surface area contributed by atoms with Crippen LogP contribution >= 0.6 is 23.5 Å². The minimum Gasteiger partial charge on any atom is -0.463 e. The van der Waals surface area contributed by atoms with Gasteiger partial charge in [-0.3, -0.25) is 0 Å². The minimum atomic E-state index is -0.308. The molecule has 4 rings (SSSR count). The van der Waals surface area contributed by atoms with Gasteiger partial charge >= 0.3 is 5.97 Å². The van der Waals surface area contributed by atoms with Crippen LogP contribution in [0.4, 0.5) is 0 Å². The molecule has 2 nitrogen and oxygen atoms in total. The maximum absolute atomic E-state index is 11.1. The van der Waals surface area contributed by atoms with Crippen LogP contribution in [0, 0.1) is 53.3 Å². The molecule has 4 aliphatic rings. The maximum Gasteiger partial charge on any atom is 0.330 e. The summed E-state index contributed by atoms with van der Waals surface area (Å²) in [5.41, 5.74) is 0. The highest BCUT2D eigenvalue weighted by molar-refractivity contribution is 8.01. The standard InChI is InChI=1S/C39H60O2S2/c1-3-5-7-10-31-11-19-34(20-12-31)35-21-13-32(14-22-35)17-25-37-27-28-38(43-37)26-18-33-15-23-36(24-16-33)42-30-9-6-8-29-41-39(40)4-2/h4,31-38H,2-3,5-16,19-24,27-30H2,1H3. The molecule has 0 amide bonds. The fourth-order valence-electron chi connectivity index (χ4n) is 7.87. The van der Waals surface area contributed by atoms with E-state index in [1.807, 2.05) is 0 Å². The zero-order chi connectivity index (χ0) is 30.1. The third-order valence-electron chi connectivity index (χ3n) is 10.7. The molecule has 0 radical (unpaired) electrons. The lowest BCUT2D eigenvalue weighted by atomic mass is 9.69. The molecule has 4 heteroatoms. The zero-order valence-corrected chi connectivity index (χ0v) is 28.9. The van der Waals surface area contributed by atoms with E-state index >= 15 is 0 Å². The van der Waals surface area contributed by atoms with E-state index in [1.54, 1.807) is 0 Å². The molecule has 0 spiro atoms. The predicted octanol–water partition coefficient (Wildman–Crippen LogP) is 10.6. The molecule has 0 aromatic carbocycles. The molecular weight excluding hydrogens is 565 g/mol. The lowest BCUT2D eigenvalue weighted by Crippen LogP contribution is -2.25. The molecule has 4 fully saturated rings. The van der Waals surface area contributed by atoms with E-state index in [0.29, 0.717) is 28.9 Å². The van der Waals surface area contributed by atoms with Crippen molar-refractivity contribution < 1.29 is 9.53 Å². The molecule has 0 N–H and O–H groups in total. The van der Waals surface area contributed by atoms with Crippen molar-refractivity contribution in [2.24, 2.45) is 29.6 Å². The average Bonchev–Trinajstić information content (AvgIpc) is 3.51. The number of ether oxygens (including phenoxy) is 1. The van der Waals surface area contributed by atoms with Crippen LogP contribution in [0.15, 0.2) is 12.7 Å². The van der Waals surface area contributed by atoms with Gasteiger partial charge in [-0.2, -0.15) is 11.8 Å². The van der Waals surface area contributed by atoms with Crippen LogP contribution in [0.5, 0.6) is 0 Å². The molecule has 0 aromatic heterocycles. The van der Waals surface area contributed by atoms with E-state index in [2.05, 4.69) is 60.7 Å². The van der Waals surface area contributed by atoms with Crippen LogP contribution in [0.3, 0.4) is 0 Å². The van der Waals surface area contributed by atoms with Gasteiger partial charge in [-0.1, -0.05) is 75.7 Å². The van der Waals surface area contributed by atoms with Crippen molar-refractivity contribution in [3.63, 3.8) is 0 Å². The van der Waals surface area contributed by atoms with Crippen molar-refractivity contribution >= 4 is 29.5 Å². The van der Waals surface area contributed by atoms with Crippen molar-refractivity contribution in [1.29, 1.82) is 0 Å². The number of carbonyl (C=O) groups is 1. The lowest BCUT2D eigenvalue weighted by Gasteiger charge is -2.37. The average molecular weight is 625 g/mol. The van der Waals surface area contributed by atoms with Gasteiger partial charge in [0.15, 0.2) is 0 Å². The Morgan fingerprint density at radius 2 is 1.35 bits per heavy atom. The van der Waals surface area contributed by atoms with Gasteiger partial charge in [0.1, 0.15) is 0 Å². The third-order valence-corrected chi connectivity index (χ3v) is 13.5. The van der Waals surface area contributed by atoms with Gasteiger partial charge in [-0.05, 0) is 120 Å². The summed E-state index contributed by atoms with van der Waals surface area (Å²) in [6.07, 6.45) is 29.5. The SMILES string of the molecule is C=CC(=O)OCCCCCSC1CCC(C#CC2CCC(C#CC3CCC(C4CCC(CCCCC)CC4)CC3)S2)CC1. The number of rotatable bonds is 13. The Labute approximate surface area is 273 Å². The first kappa shape index (κ1) is 34.9. The van der Waals surface area contributed by atoms with Gasteiger partial charge in [0.05, 0.1) is 17.1 Å². The first-order chi connectivity index (χ1) is 21.1. The fourth-order valence-corrected chi connectivity index (χ4v) is 10.4. The quantitative estimate of drug-likeness (QED) is 0.0881. The summed E-state index contributed by atoms with van der Waals surface area (Å²) in [7, 11) is 0. The number of carbonyl (C=O) groups excluding carboxylic acids is 1. The van der Waals surface area contributed by atoms with Crippen LogP contribution in [0.25, 0.3) is 0 Å². The molecule has 3 aliphatic carbocycles. The van der Waals surface area contributed by atoms with Gasteiger partial charge in [0.25, 0.3) is 0 Å². The van der Waals surface area contributed by atoms with Gasteiger partial charge in [0, 0.05) is 23.2 Å². The minimum absolute atomic E-state index is 0.308. The Morgan fingerprint density at radius 3 is 1.95 bits per heavy atom. The molecule has 2 unspecified atom stereocenters. The first-order valence-corrected chi connectivity index (χ1v) is 20.2. The van der Waals surface area contributed by atoms with Gasteiger partial charge in [-0.15, -0.1) is 11.8 Å². The van der Waals surface area contributed by atoms with Crippen LogP contribution in [-0.4, -0.2) is 34.1 Å². The van der Waals surface area contributed by atoms with Gasteiger partial charge in [0.2, 0.25) is 0 Å². The lowest BCUT2D eigenvalue weighted by molar-refractivity contribution is -0.137. The second-order valence-electron chi connectivity index (χ2n) is 13.9. The third kappa shape index (κ3) is 13.1. The molecule has 1 heterocycles. The molecule has 240 valence electrons. The number of hydrogen-bond acceptors (Lipinski definition) is 4. The molecule has 1 saturated heterocycles. The second kappa shape index (κ2) is 20.2. The number of hydrogen-bond donors (Lipinski definition) is 0. The zero-order valence-electron chi connectivity index (χ0n) is 27.3. The summed E-state index contributed by atoms with van der Waals surface area (Å²) >= 11 is 4.20. The summed E-state index contributed by atoms with van der Waals surface area (Å²) in [6.45, 7) is 6.27. The van der Waals surface area contributed by atoms with E-state index in [9.17, 15) is 4.79 Å². The highest BCUT2D eigenvalue weighted by atomic mass is 32.2. The van der Waals surface area contributed by atoms with Crippen LogP contribution in [0.2, 0.25) is 0 Å². The molecule has 0 aromatic rings. The fraction of sp³-hybridized carbons (Fsp3) is 0.821. The van der Waals surface area contributed by atoms with Crippen molar-refractivity contribution in [2.45, 2.75) is 158 Å². The van der Waals surface area contributed by atoms with E-state index in [4.69, 9.17) is 4.74 Å². The highest BCUT2D eigenvalue weighted by Crippen LogP contribution is 2.42. The summed E-state index contributed by atoms with van der Waals surface area (Å²) in [5, 5.41) is 1.83. The number of thioether (sulfide) groups is 2. The second-order valence-corrected chi connectivity index (χ2v) is 16.8. The van der Waals surface area contributed by atoms with Crippen molar-refractivity contribution in [2.75, 3.05) is 12.4 Å². The van der Waals surface area contributed by atoms with E-state index in [1.165, 1.54) is 134 Å². The monoisotopic (exact) mass is 624 g/mol. The predicted molar refractivity (Wildman–Crippen MR) is 188 cm³/mol. The van der Waals surface area contributed by atoms with Crippen molar-refractivity contribution in [3.05, 3.63) is 12.7 Å². The Kier molecular flexibility index (Phi) is 16.4. The molecule has 2 atom stereocenters. The van der Waals surface area contributed by atoms with E-state index < -0.39 is 0 Å². The Bertz CT molecular complexity index is 930. The van der Waals surface area contributed by atoms with Gasteiger partial charge in [-0.25, -0.2) is 4.79 Å². The van der Waals surface area contributed by atoms with E-state index in [0.717, 1.165) is 35.8 Å². The summed E-state index contributed by atoms with van der Waals surface area (Å²) in [4.78, 5) is 11.1. The van der Waals surface area contributed by atoms with E-state index in [-0.39, 0.29) is 5.97 Å². The van der Waals surface area contributed by atoms with Crippen LogP contribution in [0.1, 0.15) is 142 Å². The Morgan fingerprint density at radius 1 is 0.744 bits per heavy atom. The Hall–Kier alpha value is -0.970. The summed E-state index contributed by atoms with van der Waals surface area (Å²) in [6, 6.07) is 0.